The minimum absolute atomic E-state index is 0.116. The van der Waals surface area contributed by atoms with Gasteiger partial charge in [-0.3, -0.25) is 14.5 Å². The van der Waals surface area contributed by atoms with Crippen LogP contribution in [0.25, 0.3) is 0 Å². The van der Waals surface area contributed by atoms with E-state index in [1.165, 1.54) is 29.8 Å². The minimum atomic E-state index is -0.624. The third kappa shape index (κ3) is 6.66. The lowest BCUT2D eigenvalue weighted by Gasteiger charge is -2.43. The van der Waals surface area contributed by atoms with Crippen molar-refractivity contribution in [2.75, 3.05) is 32.8 Å². The van der Waals surface area contributed by atoms with Crippen molar-refractivity contribution in [3.05, 3.63) is 71.5 Å². The van der Waals surface area contributed by atoms with Crippen LogP contribution in [-0.4, -0.2) is 72.6 Å². The number of benzene rings is 2. The third-order valence-corrected chi connectivity index (χ3v) is 6.88. The zero-order valence-electron chi connectivity index (χ0n) is 20.1. The van der Waals surface area contributed by atoms with Crippen LogP contribution >= 0.6 is 0 Å². The number of nitrogens with zero attached hydrogens (tertiary/aromatic N) is 2. The summed E-state index contributed by atoms with van der Waals surface area (Å²) in [5, 5.41) is 2.87. The molecule has 2 heterocycles. The van der Waals surface area contributed by atoms with Crippen molar-refractivity contribution in [1.82, 2.24) is 15.1 Å². The van der Waals surface area contributed by atoms with E-state index in [-0.39, 0.29) is 24.0 Å². The van der Waals surface area contributed by atoms with Crippen LogP contribution in [0.4, 0.5) is 4.39 Å². The molecule has 3 atom stereocenters. The van der Waals surface area contributed by atoms with E-state index in [1.54, 1.807) is 4.90 Å². The summed E-state index contributed by atoms with van der Waals surface area (Å²) >= 11 is 0. The zero-order chi connectivity index (χ0) is 24.6. The molecule has 0 saturated carbocycles. The van der Waals surface area contributed by atoms with Crippen molar-refractivity contribution in [1.29, 1.82) is 0 Å². The van der Waals surface area contributed by atoms with Gasteiger partial charge in [-0.15, -0.1) is 0 Å². The molecule has 7 nitrogen and oxygen atoms in total. The molecule has 0 radical (unpaired) electrons. The molecule has 3 N–H and O–H groups in total. The second kappa shape index (κ2) is 12.2. The maximum atomic E-state index is 13.4. The van der Waals surface area contributed by atoms with Crippen molar-refractivity contribution in [3.63, 3.8) is 0 Å². The SMILES string of the molecule is NCCNC(=O)[C@H]1CC(N(Cc2ccccc2)CC2CCCO2)CCN1C(=O)c1ccc(F)cc1. The highest BCUT2D eigenvalue weighted by atomic mass is 19.1. The number of ether oxygens (including phenoxy) is 1. The molecule has 35 heavy (non-hydrogen) atoms. The normalized spacial score (nSPS) is 22.4. The van der Waals surface area contributed by atoms with E-state index >= 15 is 0 Å². The second-order valence-electron chi connectivity index (χ2n) is 9.33. The van der Waals surface area contributed by atoms with Crippen LogP contribution in [0.15, 0.2) is 54.6 Å². The van der Waals surface area contributed by atoms with Crippen molar-refractivity contribution >= 4 is 11.8 Å². The van der Waals surface area contributed by atoms with Gasteiger partial charge in [-0.2, -0.15) is 0 Å². The molecule has 2 fully saturated rings. The van der Waals surface area contributed by atoms with Gasteiger partial charge in [0.05, 0.1) is 6.10 Å². The van der Waals surface area contributed by atoms with Gasteiger partial charge in [-0.25, -0.2) is 4.39 Å². The molecule has 2 aliphatic rings. The van der Waals surface area contributed by atoms with Crippen molar-refractivity contribution < 1.29 is 18.7 Å². The summed E-state index contributed by atoms with van der Waals surface area (Å²) < 4.78 is 19.3. The van der Waals surface area contributed by atoms with E-state index in [4.69, 9.17) is 10.5 Å². The van der Waals surface area contributed by atoms with E-state index in [9.17, 15) is 14.0 Å². The van der Waals surface area contributed by atoms with Crippen LogP contribution in [0.2, 0.25) is 0 Å². The maximum Gasteiger partial charge on any atom is 0.254 e. The maximum absolute atomic E-state index is 13.4. The first kappa shape index (κ1) is 25.3. The number of likely N-dealkylation sites (tertiary alicyclic amines) is 1. The number of carbonyl (C=O) groups is 2. The minimum Gasteiger partial charge on any atom is -0.377 e. The number of hydrogen-bond donors (Lipinski definition) is 2. The van der Waals surface area contributed by atoms with Gasteiger partial charge in [0, 0.05) is 50.9 Å². The summed E-state index contributed by atoms with van der Waals surface area (Å²) in [4.78, 5) is 30.5. The standard InChI is InChI=1S/C27H35FN4O3/c28-22-10-8-21(9-11-22)27(34)32-15-12-23(17-25(32)26(33)30-14-13-29)31(19-24-7-4-16-35-24)18-20-5-2-1-3-6-20/h1-3,5-6,8-11,23-25H,4,7,12-19,29H2,(H,30,33)/t23?,24?,25-/m1/s1. The summed E-state index contributed by atoms with van der Waals surface area (Å²) in [5.74, 6) is -0.861. The Labute approximate surface area is 206 Å². The first-order chi connectivity index (χ1) is 17.0. The molecule has 2 amide bonds. The molecule has 0 aromatic heterocycles. The van der Waals surface area contributed by atoms with E-state index in [0.717, 1.165) is 39.0 Å². The highest BCUT2D eigenvalue weighted by Crippen LogP contribution is 2.27. The Morgan fingerprint density at radius 2 is 1.89 bits per heavy atom. The Morgan fingerprint density at radius 3 is 2.57 bits per heavy atom. The smallest absolute Gasteiger partial charge is 0.254 e. The summed E-state index contributed by atoms with van der Waals surface area (Å²) in [6.45, 7) is 3.46. The Kier molecular flexibility index (Phi) is 8.84. The van der Waals surface area contributed by atoms with Gasteiger partial charge < -0.3 is 20.7 Å². The summed E-state index contributed by atoms with van der Waals surface area (Å²) in [5.41, 5.74) is 7.19. The number of rotatable bonds is 9. The van der Waals surface area contributed by atoms with Crippen LogP contribution in [0, 0.1) is 5.82 Å². The average Bonchev–Trinajstić information content (AvgIpc) is 3.40. The fraction of sp³-hybridized carbons (Fsp3) is 0.481. The molecule has 4 rings (SSSR count). The van der Waals surface area contributed by atoms with Crippen molar-refractivity contribution in [3.8, 4) is 0 Å². The average molecular weight is 483 g/mol. The van der Waals surface area contributed by atoms with E-state index < -0.39 is 11.9 Å². The topological polar surface area (TPSA) is 87.9 Å². The second-order valence-corrected chi connectivity index (χ2v) is 9.33. The van der Waals surface area contributed by atoms with Crippen LogP contribution in [-0.2, 0) is 16.1 Å². The Balaban J connectivity index is 1.54. The molecule has 0 spiro atoms. The molecular weight excluding hydrogens is 447 g/mol. The number of carbonyl (C=O) groups excluding carboxylic acids is 2. The molecule has 188 valence electrons. The quantitative estimate of drug-likeness (QED) is 0.574. The zero-order valence-corrected chi connectivity index (χ0v) is 20.1. The molecule has 2 saturated heterocycles. The fourth-order valence-corrected chi connectivity index (χ4v) is 5.05. The number of hydrogen-bond acceptors (Lipinski definition) is 5. The first-order valence-corrected chi connectivity index (χ1v) is 12.5. The monoisotopic (exact) mass is 482 g/mol. The van der Waals surface area contributed by atoms with Crippen LogP contribution < -0.4 is 11.1 Å². The van der Waals surface area contributed by atoms with Crippen LogP contribution in [0.1, 0.15) is 41.6 Å². The summed E-state index contributed by atoms with van der Waals surface area (Å²) in [6, 6.07) is 15.3. The molecule has 2 aromatic rings. The van der Waals surface area contributed by atoms with Gasteiger partial charge in [0.1, 0.15) is 11.9 Å². The number of piperidine rings is 1. The predicted molar refractivity (Wildman–Crippen MR) is 132 cm³/mol. The third-order valence-electron chi connectivity index (χ3n) is 6.88. The number of nitrogens with one attached hydrogen (secondary N) is 1. The largest absolute Gasteiger partial charge is 0.377 e. The lowest BCUT2D eigenvalue weighted by atomic mass is 9.93. The molecule has 2 aromatic carbocycles. The van der Waals surface area contributed by atoms with E-state index in [2.05, 4.69) is 22.3 Å². The van der Waals surface area contributed by atoms with Gasteiger partial charge in [0.2, 0.25) is 5.91 Å². The fourth-order valence-electron chi connectivity index (χ4n) is 5.05. The van der Waals surface area contributed by atoms with Gasteiger partial charge >= 0.3 is 0 Å². The van der Waals surface area contributed by atoms with Crippen molar-refractivity contribution in [2.45, 2.75) is 50.4 Å². The van der Waals surface area contributed by atoms with Crippen LogP contribution in [0.3, 0.4) is 0 Å². The van der Waals surface area contributed by atoms with E-state index in [1.807, 2.05) is 18.2 Å². The van der Waals surface area contributed by atoms with Crippen LogP contribution in [0.5, 0.6) is 0 Å². The molecule has 0 bridgehead atoms. The number of halogens is 1. The molecule has 2 aliphatic heterocycles. The molecule has 2 unspecified atom stereocenters. The van der Waals surface area contributed by atoms with Gasteiger partial charge in [0.25, 0.3) is 5.91 Å². The number of amides is 2. The highest BCUT2D eigenvalue weighted by molar-refractivity contribution is 5.97. The lowest BCUT2D eigenvalue weighted by molar-refractivity contribution is -0.127. The Morgan fingerprint density at radius 1 is 1.11 bits per heavy atom. The van der Waals surface area contributed by atoms with E-state index in [0.29, 0.717) is 31.6 Å². The first-order valence-electron chi connectivity index (χ1n) is 12.5. The van der Waals surface area contributed by atoms with Gasteiger partial charge in [0.15, 0.2) is 0 Å². The summed E-state index contributed by atoms with van der Waals surface area (Å²) in [7, 11) is 0. The predicted octanol–water partition coefficient (Wildman–Crippen LogP) is 2.56. The number of nitrogens with two attached hydrogens (primary N) is 1. The summed E-state index contributed by atoms with van der Waals surface area (Å²) in [6.07, 6.45) is 3.55. The Hall–Kier alpha value is -2.81. The Bertz CT molecular complexity index is 966. The molecular formula is C27H35FN4O3. The van der Waals surface area contributed by atoms with Crippen molar-refractivity contribution in [2.24, 2.45) is 5.73 Å². The van der Waals surface area contributed by atoms with Gasteiger partial charge in [-0.1, -0.05) is 30.3 Å². The lowest BCUT2D eigenvalue weighted by Crippen LogP contribution is -2.58. The highest BCUT2D eigenvalue weighted by Gasteiger charge is 2.39. The van der Waals surface area contributed by atoms with Gasteiger partial charge in [-0.05, 0) is 55.5 Å². The molecule has 0 aliphatic carbocycles. The molecule has 8 heteroatoms.